The van der Waals surface area contributed by atoms with Gasteiger partial charge in [-0.25, -0.2) is 0 Å². The molecule has 0 bridgehead atoms. The van der Waals surface area contributed by atoms with Gasteiger partial charge in [0.05, 0.1) is 12.2 Å². The van der Waals surface area contributed by atoms with Gasteiger partial charge in [0.15, 0.2) is 0 Å². The molecular formula is C21H26N2O4S. The Hall–Kier alpha value is -2.38. The number of benzene rings is 2. The number of aryl methyl sites for hydroxylation is 1. The summed E-state index contributed by atoms with van der Waals surface area (Å²) >= 11 is 0. The Bertz CT molecular complexity index is 892. The number of hydrogen-bond donors (Lipinski definition) is 0. The molecule has 6 nitrogen and oxygen atoms in total. The molecule has 28 heavy (non-hydrogen) atoms. The maximum absolute atomic E-state index is 12.5. The molecule has 0 spiro atoms. The lowest BCUT2D eigenvalue weighted by Crippen LogP contribution is -2.50. The molecule has 1 aliphatic heterocycles. The number of rotatable bonds is 7. The molecule has 0 N–H and O–H groups in total. The van der Waals surface area contributed by atoms with E-state index < -0.39 is 10.1 Å². The average molecular weight is 403 g/mol. The second kappa shape index (κ2) is 9.21. The normalized spacial score (nSPS) is 15.4. The molecule has 3 rings (SSSR count). The maximum atomic E-state index is 12.5. The predicted molar refractivity (Wildman–Crippen MR) is 109 cm³/mol. The highest BCUT2D eigenvalue weighted by molar-refractivity contribution is 7.87. The standard InChI is InChI=1S/C21H26N2O4S/c1-18-7-5-6-8-19(18)17-21(24)23-13-11-22(12-14-23)15-16-28(25,26)27-20-9-3-2-4-10-20/h2-10H,11-17H2,1H3. The molecule has 0 atom stereocenters. The van der Waals surface area contributed by atoms with Crippen LogP contribution in [0.1, 0.15) is 11.1 Å². The summed E-state index contributed by atoms with van der Waals surface area (Å²) in [4.78, 5) is 16.5. The van der Waals surface area contributed by atoms with E-state index in [1.807, 2.05) is 36.1 Å². The maximum Gasteiger partial charge on any atom is 0.310 e. The number of carbonyl (C=O) groups is 1. The smallest absolute Gasteiger partial charge is 0.310 e. The third kappa shape index (κ3) is 5.81. The first-order valence-corrected chi connectivity index (χ1v) is 11.0. The van der Waals surface area contributed by atoms with Gasteiger partial charge >= 0.3 is 10.1 Å². The molecule has 0 radical (unpaired) electrons. The molecule has 1 heterocycles. The van der Waals surface area contributed by atoms with E-state index in [1.54, 1.807) is 30.3 Å². The van der Waals surface area contributed by atoms with Crippen molar-refractivity contribution in [2.45, 2.75) is 13.3 Å². The Kier molecular flexibility index (Phi) is 6.70. The minimum absolute atomic E-state index is 0.0704. The lowest BCUT2D eigenvalue weighted by molar-refractivity contribution is -0.132. The highest BCUT2D eigenvalue weighted by Gasteiger charge is 2.23. The summed E-state index contributed by atoms with van der Waals surface area (Å²) in [5, 5.41) is 0. The SMILES string of the molecule is Cc1ccccc1CC(=O)N1CCN(CCS(=O)(=O)Oc2ccccc2)CC1. The number of amides is 1. The monoisotopic (exact) mass is 402 g/mol. The second-order valence-corrected chi connectivity index (χ2v) is 8.67. The van der Waals surface area contributed by atoms with Crippen molar-refractivity contribution in [1.82, 2.24) is 9.80 Å². The quantitative estimate of drug-likeness (QED) is 0.664. The molecule has 0 aliphatic carbocycles. The van der Waals surface area contributed by atoms with E-state index in [2.05, 4.69) is 4.90 Å². The van der Waals surface area contributed by atoms with Crippen LogP contribution in [0.5, 0.6) is 5.75 Å². The van der Waals surface area contributed by atoms with Gasteiger partial charge in [0.1, 0.15) is 5.75 Å². The largest absolute Gasteiger partial charge is 0.382 e. The van der Waals surface area contributed by atoms with Crippen molar-refractivity contribution in [3.63, 3.8) is 0 Å². The fraction of sp³-hybridized carbons (Fsp3) is 0.381. The summed E-state index contributed by atoms with van der Waals surface area (Å²) in [6.45, 7) is 4.98. The van der Waals surface area contributed by atoms with E-state index in [0.717, 1.165) is 11.1 Å². The third-order valence-corrected chi connectivity index (χ3v) is 6.08. The Morgan fingerprint density at radius 2 is 1.61 bits per heavy atom. The molecule has 150 valence electrons. The third-order valence-electron chi connectivity index (χ3n) is 4.95. The van der Waals surface area contributed by atoms with E-state index in [9.17, 15) is 13.2 Å². The zero-order chi connectivity index (χ0) is 20.0. The van der Waals surface area contributed by atoms with Gasteiger partial charge in [-0.2, -0.15) is 8.42 Å². The van der Waals surface area contributed by atoms with Crippen molar-refractivity contribution in [2.24, 2.45) is 0 Å². The minimum Gasteiger partial charge on any atom is -0.382 e. The number of para-hydroxylation sites is 1. The second-order valence-electron chi connectivity index (χ2n) is 6.98. The highest BCUT2D eigenvalue weighted by Crippen LogP contribution is 2.13. The van der Waals surface area contributed by atoms with E-state index in [4.69, 9.17) is 4.18 Å². The molecule has 1 amide bonds. The van der Waals surface area contributed by atoms with Crippen LogP contribution in [-0.4, -0.2) is 62.6 Å². The summed E-state index contributed by atoms with van der Waals surface area (Å²) in [5.41, 5.74) is 2.18. The Morgan fingerprint density at radius 3 is 2.29 bits per heavy atom. The first-order valence-electron chi connectivity index (χ1n) is 9.45. The average Bonchev–Trinajstić information content (AvgIpc) is 2.69. The first kappa shape index (κ1) is 20.4. The van der Waals surface area contributed by atoms with Crippen LogP contribution in [0, 0.1) is 6.92 Å². The van der Waals surface area contributed by atoms with Gasteiger partial charge in [0, 0.05) is 32.7 Å². The fourth-order valence-corrected chi connectivity index (χ4v) is 4.18. The van der Waals surface area contributed by atoms with Gasteiger partial charge in [-0.15, -0.1) is 0 Å². The molecule has 1 aliphatic rings. The lowest BCUT2D eigenvalue weighted by Gasteiger charge is -2.34. The summed E-state index contributed by atoms with van der Waals surface area (Å²) in [6.07, 6.45) is 0.409. The predicted octanol–water partition coefficient (Wildman–Crippen LogP) is 2.09. The number of nitrogens with zero attached hydrogens (tertiary/aromatic N) is 2. The van der Waals surface area contributed by atoms with Crippen molar-refractivity contribution in [3.8, 4) is 5.75 Å². The number of hydrogen-bond acceptors (Lipinski definition) is 5. The summed E-state index contributed by atoms with van der Waals surface area (Å²) in [7, 11) is -3.63. The topological polar surface area (TPSA) is 66.9 Å². The van der Waals surface area contributed by atoms with Gasteiger partial charge in [0.2, 0.25) is 5.91 Å². The van der Waals surface area contributed by atoms with Crippen molar-refractivity contribution in [3.05, 3.63) is 65.7 Å². The number of piperazine rings is 1. The van der Waals surface area contributed by atoms with Gasteiger partial charge in [-0.05, 0) is 30.2 Å². The van der Waals surface area contributed by atoms with E-state index in [-0.39, 0.29) is 11.7 Å². The van der Waals surface area contributed by atoms with Crippen LogP contribution in [0.3, 0.4) is 0 Å². The molecular weight excluding hydrogens is 376 g/mol. The summed E-state index contributed by atoms with van der Waals surface area (Å²) in [5.74, 6) is 0.377. The van der Waals surface area contributed by atoms with Crippen LogP contribution >= 0.6 is 0 Å². The minimum atomic E-state index is -3.63. The van der Waals surface area contributed by atoms with Crippen LogP contribution in [0.25, 0.3) is 0 Å². The van der Waals surface area contributed by atoms with Crippen LogP contribution in [0.15, 0.2) is 54.6 Å². The van der Waals surface area contributed by atoms with Crippen LogP contribution in [-0.2, 0) is 21.3 Å². The van der Waals surface area contributed by atoms with Crippen molar-refractivity contribution < 1.29 is 17.4 Å². The van der Waals surface area contributed by atoms with E-state index in [1.165, 1.54) is 0 Å². The van der Waals surface area contributed by atoms with Crippen LogP contribution in [0.4, 0.5) is 0 Å². The summed E-state index contributed by atoms with van der Waals surface area (Å²) < 4.78 is 29.4. The first-order chi connectivity index (χ1) is 13.4. The molecule has 2 aromatic carbocycles. The van der Waals surface area contributed by atoms with Crippen molar-refractivity contribution in [2.75, 3.05) is 38.5 Å². The van der Waals surface area contributed by atoms with Gasteiger partial charge in [-0.3, -0.25) is 9.69 Å². The molecule has 1 saturated heterocycles. The molecule has 0 unspecified atom stereocenters. The van der Waals surface area contributed by atoms with Gasteiger partial charge in [-0.1, -0.05) is 42.5 Å². The van der Waals surface area contributed by atoms with Crippen LogP contribution in [0.2, 0.25) is 0 Å². The van der Waals surface area contributed by atoms with Crippen molar-refractivity contribution >= 4 is 16.0 Å². The Balaban J connectivity index is 1.44. The molecule has 7 heteroatoms. The van der Waals surface area contributed by atoms with Gasteiger partial charge in [0.25, 0.3) is 0 Å². The fourth-order valence-electron chi connectivity index (χ4n) is 3.21. The van der Waals surface area contributed by atoms with Crippen molar-refractivity contribution in [1.29, 1.82) is 0 Å². The number of carbonyl (C=O) groups excluding carboxylic acids is 1. The Labute approximate surface area is 166 Å². The zero-order valence-electron chi connectivity index (χ0n) is 16.1. The Morgan fingerprint density at radius 1 is 0.964 bits per heavy atom. The highest BCUT2D eigenvalue weighted by atomic mass is 32.2. The van der Waals surface area contributed by atoms with Gasteiger partial charge < -0.3 is 9.08 Å². The zero-order valence-corrected chi connectivity index (χ0v) is 16.9. The molecule has 2 aromatic rings. The van der Waals surface area contributed by atoms with Crippen LogP contribution < -0.4 is 4.18 Å². The van der Waals surface area contributed by atoms with E-state index in [0.29, 0.717) is 44.9 Å². The van der Waals surface area contributed by atoms with E-state index >= 15 is 0 Å². The molecule has 0 saturated carbocycles. The molecule has 1 fully saturated rings. The lowest BCUT2D eigenvalue weighted by atomic mass is 10.1. The summed E-state index contributed by atoms with van der Waals surface area (Å²) in [6, 6.07) is 16.4. The molecule has 0 aromatic heterocycles.